The molecule has 1 aliphatic carbocycles. The van der Waals surface area contributed by atoms with E-state index in [0.717, 1.165) is 46.1 Å². The first kappa shape index (κ1) is 18.8. The van der Waals surface area contributed by atoms with Gasteiger partial charge < -0.3 is 11.1 Å². The van der Waals surface area contributed by atoms with Gasteiger partial charge in [0.1, 0.15) is 5.00 Å². The zero-order valence-corrected chi connectivity index (χ0v) is 17.0. The van der Waals surface area contributed by atoms with Crippen LogP contribution in [-0.2, 0) is 17.6 Å². The summed E-state index contributed by atoms with van der Waals surface area (Å²) in [4.78, 5) is 29.9. The number of amides is 2. The van der Waals surface area contributed by atoms with E-state index in [1.165, 1.54) is 23.1 Å². The van der Waals surface area contributed by atoms with E-state index < -0.39 is 5.91 Å². The first-order valence-electron chi connectivity index (χ1n) is 9.01. The van der Waals surface area contributed by atoms with Gasteiger partial charge in [-0.05, 0) is 43.4 Å². The Hall–Kier alpha value is -2.58. The van der Waals surface area contributed by atoms with E-state index in [1.54, 1.807) is 6.20 Å². The second-order valence-corrected chi connectivity index (χ2v) is 8.68. The fourth-order valence-electron chi connectivity index (χ4n) is 3.46. The number of thiophene rings is 1. The number of nitrogens with zero attached hydrogens (tertiary/aromatic N) is 2. The van der Waals surface area contributed by atoms with Crippen LogP contribution in [-0.4, -0.2) is 27.1 Å². The SMILES string of the molecule is Cc1ccccc1-n1ccnc1SCC(=O)Nc1sc2c(c1C(N)=O)CCC2. The van der Waals surface area contributed by atoms with Crippen molar-refractivity contribution in [3.05, 3.63) is 58.2 Å². The van der Waals surface area contributed by atoms with Gasteiger partial charge in [0.25, 0.3) is 5.91 Å². The third kappa shape index (κ3) is 3.57. The summed E-state index contributed by atoms with van der Waals surface area (Å²) in [7, 11) is 0. The number of primary amides is 1. The van der Waals surface area contributed by atoms with Crippen LogP contribution in [0.2, 0.25) is 0 Å². The molecule has 3 aromatic rings. The number of anilines is 1. The second kappa shape index (κ2) is 7.81. The third-order valence-electron chi connectivity index (χ3n) is 4.73. The Morgan fingerprint density at radius 2 is 2.14 bits per heavy atom. The lowest BCUT2D eigenvalue weighted by Crippen LogP contribution is -2.19. The number of nitrogens with two attached hydrogens (primary N) is 1. The largest absolute Gasteiger partial charge is 0.365 e. The Morgan fingerprint density at radius 1 is 1.32 bits per heavy atom. The molecular formula is C20H20N4O2S2. The monoisotopic (exact) mass is 412 g/mol. The van der Waals surface area contributed by atoms with E-state index in [0.29, 0.717) is 10.6 Å². The van der Waals surface area contributed by atoms with Crippen LogP contribution in [0.4, 0.5) is 5.00 Å². The van der Waals surface area contributed by atoms with Crippen molar-refractivity contribution in [3.8, 4) is 5.69 Å². The van der Waals surface area contributed by atoms with Crippen LogP contribution in [0.5, 0.6) is 0 Å². The molecule has 0 atom stereocenters. The number of fused-ring (bicyclic) bond motifs is 1. The standard InChI is InChI=1S/C20H20N4O2S2/c1-12-5-2-3-7-14(12)24-10-9-22-20(24)27-11-16(25)23-19-17(18(21)26)13-6-4-8-15(13)28-19/h2-3,5,7,9-10H,4,6,8,11H2,1H3,(H2,21,26)(H,23,25). The number of hydrogen-bond acceptors (Lipinski definition) is 5. The summed E-state index contributed by atoms with van der Waals surface area (Å²) in [6.45, 7) is 2.04. The van der Waals surface area contributed by atoms with Gasteiger partial charge >= 0.3 is 0 Å². The molecule has 0 saturated carbocycles. The molecule has 1 aliphatic rings. The molecule has 0 bridgehead atoms. The number of aryl methyl sites for hydroxylation is 2. The zero-order chi connectivity index (χ0) is 19.7. The molecule has 2 amide bonds. The number of thioether (sulfide) groups is 1. The lowest BCUT2D eigenvalue weighted by molar-refractivity contribution is -0.113. The minimum Gasteiger partial charge on any atom is -0.365 e. The van der Waals surface area contributed by atoms with E-state index in [4.69, 9.17) is 5.73 Å². The lowest BCUT2D eigenvalue weighted by Gasteiger charge is -2.10. The van der Waals surface area contributed by atoms with Gasteiger partial charge in [0, 0.05) is 17.3 Å². The lowest BCUT2D eigenvalue weighted by atomic mass is 10.1. The maximum atomic E-state index is 12.5. The van der Waals surface area contributed by atoms with Crippen molar-refractivity contribution < 1.29 is 9.59 Å². The molecule has 3 N–H and O–H groups in total. The van der Waals surface area contributed by atoms with Crippen LogP contribution < -0.4 is 11.1 Å². The smallest absolute Gasteiger partial charge is 0.251 e. The Kier molecular flexibility index (Phi) is 5.23. The first-order valence-corrected chi connectivity index (χ1v) is 10.8. The van der Waals surface area contributed by atoms with Crippen LogP contribution in [0.25, 0.3) is 5.69 Å². The number of rotatable bonds is 6. The van der Waals surface area contributed by atoms with Crippen molar-refractivity contribution in [2.24, 2.45) is 5.73 Å². The molecule has 28 heavy (non-hydrogen) atoms. The minimum atomic E-state index is -0.475. The summed E-state index contributed by atoms with van der Waals surface area (Å²) in [6, 6.07) is 8.03. The highest BCUT2D eigenvalue weighted by Gasteiger charge is 2.26. The Balaban J connectivity index is 1.47. The Morgan fingerprint density at radius 3 is 2.93 bits per heavy atom. The summed E-state index contributed by atoms with van der Waals surface area (Å²) in [6.07, 6.45) is 6.44. The van der Waals surface area contributed by atoms with Gasteiger partial charge in [0.2, 0.25) is 5.91 Å². The maximum Gasteiger partial charge on any atom is 0.251 e. The fourth-order valence-corrected chi connectivity index (χ4v) is 5.54. The van der Waals surface area contributed by atoms with Gasteiger partial charge in [-0.1, -0.05) is 30.0 Å². The highest BCUT2D eigenvalue weighted by Crippen LogP contribution is 2.39. The Bertz CT molecular complexity index is 1050. The summed E-state index contributed by atoms with van der Waals surface area (Å²) >= 11 is 2.83. The van der Waals surface area contributed by atoms with Crippen molar-refractivity contribution in [2.45, 2.75) is 31.3 Å². The number of nitrogens with one attached hydrogen (secondary N) is 1. The summed E-state index contributed by atoms with van der Waals surface area (Å²) in [5, 5.41) is 4.19. The summed E-state index contributed by atoms with van der Waals surface area (Å²) in [5.41, 5.74) is 9.21. The van der Waals surface area contributed by atoms with E-state index in [-0.39, 0.29) is 11.7 Å². The molecule has 6 nitrogen and oxygen atoms in total. The second-order valence-electron chi connectivity index (χ2n) is 6.63. The molecule has 8 heteroatoms. The minimum absolute atomic E-state index is 0.174. The fraction of sp³-hybridized carbons (Fsp3) is 0.250. The number of imidazole rings is 1. The average molecular weight is 413 g/mol. The van der Waals surface area contributed by atoms with E-state index in [2.05, 4.69) is 10.3 Å². The van der Waals surface area contributed by atoms with Crippen molar-refractivity contribution in [1.29, 1.82) is 0 Å². The first-order chi connectivity index (χ1) is 13.5. The highest BCUT2D eigenvalue weighted by molar-refractivity contribution is 7.99. The van der Waals surface area contributed by atoms with Gasteiger partial charge in [-0.3, -0.25) is 14.2 Å². The number of carbonyl (C=O) groups excluding carboxylic acids is 2. The molecule has 0 fully saturated rings. The Labute approximate surface area is 171 Å². The van der Waals surface area contributed by atoms with Gasteiger partial charge in [-0.2, -0.15) is 0 Å². The molecule has 2 aromatic heterocycles. The van der Waals surface area contributed by atoms with Crippen LogP contribution in [0, 0.1) is 6.92 Å². The molecule has 0 spiro atoms. The molecule has 0 saturated heterocycles. The van der Waals surface area contributed by atoms with Crippen molar-refractivity contribution >= 4 is 39.9 Å². The summed E-state index contributed by atoms with van der Waals surface area (Å²) < 4.78 is 1.97. The normalized spacial score (nSPS) is 12.8. The van der Waals surface area contributed by atoms with E-state index in [9.17, 15) is 9.59 Å². The van der Waals surface area contributed by atoms with Crippen LogP contribution in [0.15, 0.2) is 41.8 Å². The molecule has 0 radical (unpaired) electrons. The number of hydrogen-bond donors (Lipinski definition) is 2. The molecule has 2 heterocycles. The summed E-state index contributed by atoms with van der Waals surface area (Å²) in [5.74, 6) is -0.451. The van der Waals surface area contributed by atoms with Crippen LogP contribution in [0.3, 0.4) is 0 Å². The maximum absolute atomic E-state index is 12.5. The van der Waals surface area contributed by atoms with Crippen LogP contribution >= 0.6 is 23.1 Å². The molecule has 4 rings (SSSR count). The number of carbonyl (C=O) groups is 2. The van der Waals surface area contributed by atoms with Gasteiger partial charge in [0.15, 0.2) is 5.16 Å². The van der Waals surface area contributed by atoms with Crippen molar-refractivity contribution in [3.63, 3.8) is 0 Å². The van der Waals surface area contributed by atoms with Crippen molar-refractivity contribution in [2.75, 3.05) is 11.1 Å². The quantitative estimate of drug-likeness (QED) is 0.606. The predicted octanol–water partition coefficient (Wildman–Crippen LogP) is 3.56. The van der Waals surface area contributed by atoms with Gasteiger partial charge in [-0.15, -0.1) is 11.3 Å². The average Bonchev–Trinajstić information content (AvgIpc) is 3.35. The molecule has 144 valence electrons. The van der Waals surface area contributed by atoms with E-state index in [1.807, 2.05) is 42.0 Å². The highest BCUT2D eigenvalue weighted by atomic mass is 32.2. The number of para-hydroxylation sites is 1. The third-order valence-corrected chi connectivity index (χ3v) is 6.91. The molecule has 1 aromatic carbocycles. The topological polar surface area (TPSA) is 90.0 Å². The zero-order valence-electron chi connectivity index (χ0n) is 15.4. The van der Waals surface area contributed by atoms with Gasteiger partial charge in [-0.25, -0.2) is 4.98 Å². The molecule has 0 unspecified atom stereocenters. The molecule has 0 aliphatic heterocycles. The van der Waals surface area contributed by atoms with E-state index >= 15 is 0 Å². The van der Waals surface area contributed by atoms with Gasteiger partial charge in [0.05, 0.1) is 17.0 Å². The van der Waals surface area contributed by atoms with Crippen molar-refractivity contribution in [1.82, 2.24) is 9.55 Å². The van der Waals surface area contributed by atoms with Crippen LogP contribution in [0.1, 0.15) is 32.8 Å². The predicted molar refractivity (Wildman–Crippen MR) is 113 cm³/mol. The number of aromatic nitrogens is 2. The number of benzene rings is 1. The molecular weight excluding hydrogens is 392 g/mol.